The number of rotatable bonds is 5. The Bertz CT molecular complexity index is 660. The van der Waals surface area contributed by atoms with E-state index in [4.69, 9.17) is 0 Å². The molecule has 2 aromatic carbocycles. The summed E-state index contributed by atoms with van der Waals surface area (Å²) in [6.45, 7) is 1.69. The van der Waals surface area contributed by atoms with Gasteiger partial charge in [-0.3, -0.25) is 4.79 Å². The van der Waals surface area contributed by atoms with Crippen LogP contribution in [0.5, 0.6) is 0 Å². The number of hydrogen-bond donors (Lipinski definition) is 1. The Hall–Kier alpha value is -1.49. The van der Waals surface area contributed by atoms with Crippen LogP contribution in [-0.4, -0.2) is 38.0 Å². The second-order valence-electron chi connectivity index (χ2n) is 6.06. The van der Waals surface area contributed by atoms with Crippen LogP contribution >= 0.6 is 24.2 Å². The second kappa shape index (κ2) is 8.56. The number of hydrogen-bond acceptors (Lipinski definition) is 3. The fraction of sp³-hybridized carbons (Fsp3) is 0.316. The lowest BCUT2D eigenvalue weighted by Gasteiger charge is -2.27. The molecule has 0 saturated heterocycles. The van der Waals surface area contributed by atoms with Gasteiger partial charge in [-0.05, 0) is 50.3 Å². The Kier molecular flexibility index (Phi) is 6.72. The summed E-state index contributed by atoms with van der Waals surface area (Å²) < 4.78 is 0. The molecule has 5 heteroatoms. The summed E-state index contributed by atoms with van der Waals surface area (Å²) in [6.07, 6.45) is 0.962. The van der Waals surface area contributed by atoms with Crippen LogP contribution in [0.4, 0.5) is 0 Å². The van der Waals surface area contributed by atoms with Gasteiger partial charge in [0.15, 0.2) is 0 Å². The highest BCUT2D eigenvalue weighted by Crippen LogP contribution is 2.45. The van der Waals surface area contributed by atoms with Gasteiger partial charge in [-0.15, -0.1) is 12.4 Å². The predicted molar refractivity (Wildman–Crippen MR) is 102 cm³/mol. The molecule has 0 atom stereocenters. The highest BCUT2D eigenvalue weighted by atomic mass is 35.5. The minimum atomic E-state index is -0.206. The maximum absolute atomic E-state index is 12.8. The average molecular weight is 363 g/mol. The van der Waals surface area contributed by atoms with Gasteiger partial charge in [0.2, 0.25) is 5.91 Å². The zero-order valence-electron chi connectivity index (χ0n) is 14.0. The molecule has 1 N–H and O–H groups in total. The third-order valence-electron chi connectivity index (χ3n) is 4.02. The SMILES string of the molecule is CN(C)CCCNC(=O)C1c2ccccc2Sc2ccccc21.Cl. The van der Waals surface area contributed by atoms with Crippen LogP contribution in [0.15, 0.2) is 58.3 Å². The second-order valence-corrected chi connectivity index (χ2v) is 7.14. The predicted octanol–water partition coefficient (Wildman–Crippen LogP) is 3.77. The molecule has 2 aromatic rings. The number of nitrogens with zero attached hydrogens (tertiary/aromatic N) is 1. The van der Waals surface area contributed by atoms with Crippen LogP contribution in [0.2, 0.25) is 0 Å². The van der Waals surface area contributed by atoms with E-state index in [0.717, 1.165) is 24.1 Å². The van der Waals surface area contributed by atoms with Crippen LogP contribution in [-0.2, 0) is 4.79 Å². The topological polar surface area (TPSA) is 32.3 Å². The number of carbonyl (C=O) groups excluding carboxylic acids is 1. The molecular weight excluding hydrogens is 340 g/mol. The van der Waals surface area contributed by atoms with Gasteiger partial charge < -0.3 is 10.2 Å². The molecule has 0 unspecified atom stereocenters. The van der Waals surface area contributed by atoms with E-state index in [9.17, 15) is 4.79 Å². The van der Waals surface area contributed by atoms with Crippen LogP contribution in [0, 0.1) is 0 Å². The van der Waals surface area contributed by atoms with Gasteiger partial charge in [0.1, 0.15) is 0 Å². The van der Waals surface area contributed by atoms with E-state index in [1.165, 1.54) is 9.79 Å². The van der Waals surface area contributed by atoms with Crippen molar-refractivity contribution >= 4 is 30.1 Å². The quantitative estimate of drug-likeness (QED) is 0.822. The average Bonchev–Trinajstić information content (AvgIpc) is 2.56. The molecule has 1 aliphatic heterocycles. The van der Waals surface area contributed by atoms with Crippen molar-refractivity contribution in [2.45, 2.75) is 22.1 Å². The van der Waals surface area contributed by atoms with E-state index in [1.807, 2.05) is 38.4 Å². The maximum atomic E-state index is 12.8. The van der Waals surface area contributed by atoms with Crippen molar-refractivity contribution in [1.29, 1.82) is 0 Å². The van der Waals surface area contributed by atoms with E-state index in [-0.39, 0.29) is 24.2 Å². The fourth-order valence-corrected chi connectivity index (χ4v) is 4.04. The summed E-state index contributed by atoms with van der Waals surface area (Å²) in [5.74, 6) is -0.105. The Morgan fingerprint density at radius 1 is 1.04 bits per heavy atom. The van der Waals surface area contributed by atoms with Crippen molar-refractivity contribution in [1.82, 2.24) is 10.2 Å². The number of benzene rings is 2. The van der Waals surface area contributed by atoms with Crippen LogP contribution in [0.25, 0.3) is 0 Å². The van der Waals surface area contributed by atoms with Gasteiger partial charge in [-0.25, -0.2) is 0 Å². The Balaban J connectivity index is 0.00000208. The first kappa shape index (κ1) is 18.8. The summed E-state index contributed by atoms with van der Waals surface area (Å²) in [7, 11) is 4.10. The molecule has 3 rings (SSSR count). The zero-order chi connectivity index (χ0) is 16.2. The van der Waals surface area contributed by atoms with Gasteiger partial charge in [-0.1, -0.05) is 48.2 Å². The molecule has 0 aromatic heterocycles. The number of carbonyl (C=O) groups is 1. The van der Waals surface area contributed by atoms with Gasteiger partial charge >= 0.3 is 0 Å². The minimum Gasteiger partial charge on any atom is -0.355 e. The first-order valence-corrected chi connectivity index (χ1v) is 8.76. The van der Waals surface area contributed by atoms with E-state index in [0.29, 0.717) is 6.54 Å². The Morgan fingerprint density at radius 3 is 2.12 bits per heavy atom. The summed E-state index contributed by atoms with van der Waals surface area (Å²) in [4.78, 5) is 17.3. The minimum absolute atomic E-state index is 0. The van der Waals surface area contributed by atoms with Gasteiger partial charge in [-0.2, -0.15) is 0 Å². The fourth-order valence-electron chi connectivity index (χ4n) is 2.90. The van der Waals surface area contributed by atoms with Crippen molar-refractivity contribution in [2.75, 3.05) is 27.2 Å². The summed E-state index contributed by atoms with van der Waals surface area (Å²) in [6, 6.07) is 16.4. The zero-order valence-corrected chi connectivity index (χ0v) is 15.6. The highest BCUT2D eigenvalue weighted by Gasteiger charge is 2.30. The van der Waals surface area contributed by atoms with Crippen molar-refractivity contribution in [3.8, 4) is 0 Å². The first-order chi connectivity index (χ1) is 11.2. The smallest absolute Gasteiger partial charge is 0.232 e. The summed E-state index contributed by atoms with van der Waals surface area (Å²) in [5, 5.41) is 3.11. The largest absolute Gasteiger partial charge is 0.355 e. The molecule has 0 saturated carbocycles. The summed E-state index contributed by atoms with van der Waals surface area (Å²) >= 11 is 1.75. The first-order valence-electron chi connectivity index (χ1n) is 7.95. The highest BCUT2D eigenvalue weighted by molar-refractivity contribution is 7.99. The summed E-state index contributed by atoms with van der Waals surface area (Å²) in [5.41, 5.74) is 2.22. The van der Waals surface area contributed by atoms with Crippen molar-refractivity contribution in [3.05, 3.63) is 59.7 Å². The maximum Gasteiger partial charge on any atom is 0.232 e. The number of fused-ring (bicyclic) bond motifs is 2. The van der Waals surface area contributed by atoms with Crippen molar-refractivity contribution in [3.63, 3.8) is 0 Å². The van der Waals surface area contributed by atoms with Crippen molar-refractivity contribution < 1.29 is 4.79 Å². The molecule has 0 fully saturated rings. The Labute approximate surface area is 154 Å². The van der Waals surface area contributed by atoms with E-state index in [2.05, 4.69) is 34.5 Å². The molecule has 0 aliphatic carbocycles. The number of halogens is 1. The molecular formula is C19H23ClN2OS. The third kappa shape index (κ3) is 4.12. The van der Waals surface area contributed by atoms with Crippen LogP contribution in [0.1, 0.15) is 23.5 Å². The molecule has 3 nitrogen and oxygen atoms in total. The van der Waals surface area contributed by atoms with Crippen molar-refractivity contribution in [2.24, 2.45) is 0 Å². The monoisotopic (exact) mass is 362 g/mol. The molecule has 0 spiro atoms. The normalized spacial score (nSPS) is 13.0. The molecule has 128 valence electrons. The van der Waals surface area contributed by atoms with Gasteiger partial charge in [0.05, 0.1) is 5.92 Å². The van der Waals surface area contributed by atoms with Gasteiger partial charge in [0, 0.05) is 16.3 Å². The number of nitrogens with one attached hydrogen (secondary N) is 1. The lowest BCUT2D eigenvalue weighted by molar-refractivity contribution is -0.121. The van der Waals surface area contributed by atoms with E-state index < -0.39 is 0 Å². The lowest BCUT2D eigenvalue weighted by atomic mass is 9.90. The van der Waals surface area contributed by atoms with E-state index in [1.54, 1.807) is 11.8 Å². The molecule has 1 aliphatic rings. The molecule has 0 radical (unpaired) electrons. The number of amides is 1. The molecule has 0 bridgehead atoms. The Morgan fingerprint density at radius 2 is 1.58 bits per heavy atom. The molecule has 24 heavy (non-hydrogen) atoms. The lowest BCUT2D eigenvalue weighted by Crippen LogP contribution is -2.33. The molecule has 1 heterocycles. The van der Waals surface area contributed by atoms with E-state index >= 15 is 0 Å². The molecule has 1 amide bonds. The van der Waals surface area contributed by atoms with Crippen LogP contribution in [0.3, 0.4) is 0 Å². The van der Waals surface area contributed by atoms with Crippen LogP contribution < -0.4 is 5.32 Å². The standard InChI is InChI=1S/C19H22N2OS.ClH/c1-21(2)13-7-12-20-19(22)18-14-8-3-5-10-16(14)23-17-11-6-4-9-15(17)18;/h3-6,8-11,18H,7,12-13H2,1-2H3,(H,20,22);1H. The van der Waals surface area contributed by atoms with Gasteiger partial charge in [0.25, 0.3) is 0 Å². The third-order valence-corrected chi connectivity index (χ3v) is 5.21.